The van der Waals surface area contributed by atoms with Gasteiger partial charge in [0.15, 0.2) is 9.84 Å². The third-order valence-electron chi connectivity index (χ3n) is 8.33. The molecule has 1 saturated heterocycles. The van der Waals surface area contributed by atoms with Crippen molar-refractivity contribution in [3.8, 4) is 0 Å². The van der Waals surface area contributed by atoms with Crippen LogP contribution >= 0.6 is 11.3 Å². The molecule has 0 saturated carbocycles. The highest BCUT2D eigenvalue weighted by Gasteiger charge is 2.51. The van der Waals surface area contributed by atoms with Crippen LogP contribution in [0.4, 0.5) is 5.13 Å². The van der Waals surface area contributed by atoms with Crippen molar-refractivity contribution in [2.45, 2.75) is 88.0 Å². The minimum atomic E-state index is -3.65. The molecule has 1 atom stereocenters. The van der Waals surface area contributed by atoms with E-state index in [2.05, 4.69) is 98.7 Å². The molecular formula is C31H45N3O5S2Si. The van der Waals surface area contributed by atoms with Crippen molar-refractivity contribution in [2.24, 2.45) is 0 Å². The summed E-state index contributed by atoms with van der Waals surface area (Å²) in [5, 5.41) is 25.5. The monoisotopic (exact) mass is 631 g/mol. The Morgan fingerprint density at radius 1 is 0.952 bits per heavy atom. The molecule has 4 rings (SSSR count). The maximum atomic E-state index is 13.4. The van der Waals surface area contributed by atoms with Gasteiger partial charge in [0, 0.05) is 25.2 Å². The summed E-state index contributed by atoms with van der Waals surface area (Å²) < 4.78 is 37.9. The first-order chi connectivity index (χ1) is 19.6. The Morgan fingerprint density at radius 3 is 1.98 bits per heavy atom. The van der Waals surface area contributed by atoms with E-state index in [4.69, 9.17) is 9.16 Å². The Kier molecular flexibility index (Phi) is 9.71. The first kappa shape index (κ1) is 32.8. The number of anilines is 1. The molecule has 0 bridgehead atoms. The Bertz CT molecular complexity index is 1380. The van der Waals surface area contributed by atoms with E-state index in [1.54, 1.807) is 13.8 Å². The number of hydrogen-bond acceptors (Lipinski definition) is 9. The van der Waals surface area contributed by atoms with Gasteiger partial charge in [0.25, 0.3) is 8.32 Å². The van der Waals surface area contributed by atoms with Crippen LogP contribution in [0, 0.1) is 0 Å². The zero-order valence-corrected chi connectivity index (χ0v) is 28.4. The van der Waals surface area contributed by atoms with Gasteiger partial charge in [-0.15, -0.1) is 10.2 Å². The van der Waals surface area contributed by atoms with Crippen molar-refractivity contribution in [3.05, 3.63) is 65.7 Å². The van der Waals surface area contributed by atoms with Gasteiger partial charge in [-0.05, 0) is 42.1 Å². The molecule has 1 aliphatic heterocycles. The number of nitrogens with zero attached hydrogens (tertiary/aromatic N) is 2. The lowest BCUT2D eigenvalue weighted by atomic mass is 9.96. The molecule has 2 N–H and O–H groups in total. The molecule has 42 heavy (non-hydrogen) atoms. The summed E-state index contributed by atoms with van der Waals surface area (Å²) in [5.74, 6) is 0. The largest absolute Gasteiger partial charge is 0.406 e. The van der Waals surface area contributed by atoms with E-state index >= 15 is 0 Å². The van der Waals surface area contributed by atoms with E-state index in [-0.39, 0.29) is 5.04 Å². The average molecular weight is 632 g/mol. The van der Waals surface area contributed by atoms with Gasteiger partial charge in [0.1, 0.15) is 16.0 Å². The maximum absolute atomic E-state index is 13.4. The Hall–Kier alpha value is -2.15. The molecule has 0 spiro atoms. The Labute approximate surface area is 255 Å². The highest BCUT2D eigenvalue weighted by Crippen LogP contribution is 2.39. The number of rotatable bonds is 11. The van der Waals surface area contributed by atoms with Gasteiger partial charge < -0.3 is 19.6 Å². The summed E-state index contributed by atoms with van der Waals surface area (Å²) >= 11 is 1.31. The summed E-state index contributed by atoms with van der Waals surface area (Å²) in [6.45, 7) is 15.2. The molecule has 11 heteroatoms. The molecule has 0 radical (unpaired) electrons. The van der Waals surface area contributed by atoms with E-state index in [0.29, 0.717) is 37.8 Å². The first-order valence-corrected chi connectivity index (χ1v) is 18.7. The molecule has 0 aliphatic carbocycles. The van der Waals surface area contributed by atoms with Crippen LogP contribution in [0.25, 0.3) is 0 Å². The Balaban J connectivity index is 1.56. The number of benzene rings is 2. The average Bonchev–Trinajstić information content (AvgIpc) is 3.44. The lowest BCUT2D eigenvalue weighted by Gasteiger charge is -2.44. The van der Waals surface area contributed by atoms with Crippen LogP contribution in [-0.4, -0.2) is 68.1 Å². The number of hydrogen-bond donors (Lipinski definition) is 2. The van der Waals surface area contributed by atoms with Gasteiger partial charge in [-0.1, -0.05) is 107 Å². The first-order valence-electron chi connectivity index (χ1n) is 14.5. The Morgan fingerprint density at radius 2 is 1.48 bits per heavy atom. The van der Waals surface area contributed by atoms with E-state index in [9.17, 15) is 13.5 Å². The SMILES string of the molecule is CC(C)(CO[Si](c1ccccc1)(c1ccccc1)C(C)(C)C)c1nnc(NC(O)C(C)(C)S(=O)(=O)C2CCOCC2)s1. The van der Waals surface area contributed by atoms with Crippen molar-refractivity contribution in [1.82, 2.24) is 10.2 Å². The molecule has 0 amide bonds. The zero-order chi connectivity index (χ0) is 30.8. The summed E-state index contributed by atoms with van der Waals surface area (Å²) in [5.41, 5.74) is -0.501. The molecule has 3 aromatic rings. The zero-order valence-electron chi connectivity index (χ0n) is 25.8. The lowest BCUT2D eigenvalue weighted by molar-refractivity contribution is 0.0966. The number of aliphatic hydroxyl groups excluding tert-OH is 1. The second kappa shape index (κ2) is 12.5. The maximum Gasteiger partial charge on any atom is 0.261 e. The van der Waals surface area contributed by atoms with Gasteiger partial charge in [0.05, 0.1) is 5.25 Å². The fourth-order valence-electron chi connectivity index (χ4n) is 5.53. The van der Waals surface area contributed by atoms with E-state index in [1.165, 1.54) is 21.7 Å². The molecule has 8 nitrogen and oxygen atoms in total. The predicted molar refractivity (Wildman–Crippen MR) is 173 cm³/mol. The van der Waals surface area contributed by atoms with Crippen molar-refractivity contribution in [1.29, 1.82) is 0 Å². The molecule has 1 unspecified atom stereocenters. The summed E-state index contributed by atoms with van der Waals surface area (Å²) in [6.07, 6.45) is -0.496. The highest BCUT2D eigenvalue weighted by atomic mass is 32.2. The van der Waals surface area contributed by atoms with Gasteiger partial charge >= 0.3 is 0 Å². The van der Waals surface area contributed by atoms with E-state index < -0.39 is 39.8 Å². The van der Waals surface area contributed by atoms with Gasteiger partial charge in [-0.25, -0.2) is 8.42 Å². The van der Waals surface area contributed by atoms with Crippen LogP contribution in [0.15, 0.2) is 60.7 Å². The second-order valence-electron chi connectivity index (χ2n) is 13.3. The minimum absolute atomic E-state index is 0.161. The fraction of sp³-hybridized carbons (Fsp3) is 0.548. The van der Waals surface area contributed by atoms with Gasteiger partial charge in [-0.2, -0.15) is 0 Å². The van der Waals surface area contributed by atoms with E-state index in [1.807, 2.05) is 12.1 Å². The highest BCUT2D eigenvalue weighted by molar-refractivity contribution is 7.93. The van der Waals surface area contributed by atoms with Crippen LogP contribution in [0.2, 0.25) is 5.04 Å². The summed E-state index contributed by atoms with van der Waals surface area (Å²) in [6, 6.07) is 21.0. The van der Waals surface area contributed by atoms with Crippen molar-refractivity contribution < 1.29 is 22.7 Å². The summed E-state index contributed by atoms with van der Waals surface area (Å²) in [7, 11) is -6.39. The van der Waals surface area contributed by atoms with E-state index in [0.717, 1.165) is 5.01 Å². The van der Waals surface area contributed by atoms with Crippen LogP contribution in [0.3, 0.4) is 0 Å². The molecule has 1 fully saturated rings. The normalized spacial score (nSPS) is 16.8. The lowest BCUT2D eigenvalue weighted by Crippen LogP contribution is -2.67. The predicted octanol–water partition coefficient (Wildman–Crippen LogP) is 4.50. The third kappa shape index (κ3) is 6.37. The molecule has 1 aromatic heterocycles. The minimum Gasteiger partial charge on any atom is -0.406 e. The molecule has 1 aliphatic rings. The van der Waals surface area contributed by atoms with Crippen molar-refractivity contribution in [2.75, 3.05) is 25.1 Å². The van der Waals surface area contributed by atoms with Crippen molar-refractivity contribution >= 4 is 45.0 Å². The van der Waals surface area contributed by atoms with Crippen LogP contribution in [0.5, 0.6) is 0 Å². The van der Waals surface area contributed by atoms with Crippen molar-refractivity contribution in [3.63, 3.8) is 0 Å². The quantitative estimate of drug-likeness (QED) is 0.235. The molecular weight excluding hydrogens is 587 g/mol. The van der Waals surface area contributed by atoms with Crippen LogP contribution in [0.1, 0.15) is 66.3 Å². The number of nitrogens with one attached hydrogen (secondary N) is 1. The number of sulfone groups is 1. The smallest absolute Gasteiger partial charge is 0.261 e. The second-order valence-corrected chi connectivity index (χ2v) is 21.3. The van der Waals surface area contributed by atoms with Crippen LogP contribution < -0.4 is 15.7 Å². The topological polar surface area (TPSA) is 111 Å². The van der Waals surface area contributed by atoms with Crippen LogP contribution in [-0.2, 0) is 24.4 Å². The standard InChI is InChI=1S/C31H45N3O5S2Si/c1-29(2,3)42(24-14-10-8-11-15-24,25-16-12-9-13-17-25)39-22-30(4,5)27-33-34-28(40-27)32-26(35)31(6,7)41(36,37)23-18-20-38-21-19-23/h8-17,23,26,35H,18-22H2,1-7H3,(H,32,34). The third-order valence-corrected chi connectivity index (χ3v) is 17.6. The molecule has 2 aromatic carbocycles. The fourth-order valence-corrected chi connectivity index (χ4v) is 13.2. The number of ether oxygens (including phenoxy) is 1. The number of aromatic nitrogens is 2. The van der Waals surface area contributed by atoms with Gasteiger partial charge in [0.2, 0.25) is 5.13 Å². The number of aliphatic hydroxyl groups is 1. The van der Waals surface area contributed by atoms with Gasteiger partial charge in [-0.3, -0.25) is 0 Å². The molecule has 230 valence electrons. The summed E-state index contributed by atoms with van der Waals surface area (Å²) in [4.78, 5) is 0. The molecule has 2 heterocycles.